The van der Waals surface area contributed by atoms with Crippen LogP contribution in [0.3, 0.4) is 0 Å². The zero-order valence-corrected chi connectivity index (χ0v) is 7.96. The van der Waals surface area contributed by atoms with E-state index in [0.29, 0.717) is 19.6 Å². The second-order valence-corrected chi connectivity index (χ2v) is 3.29. The van der Waals surface area contributed by atoms with Crippen LogP contribution in [0.1, 0.15) is 13.8 Å². The van der Waals surface area contributed by atoms with Gasteiger partial charge in [-0.1, -0.05) is 11.6 Å². The van der Waals surface area contributed by atoms with Crippen molar-refractivity contribution in [2.45, 2.75) is 13.8 Å². The van der Waals surface area contributed by atoms with Crippen molar-refractivity contribution in [2.24, 2.45) is 0 Å². The molecule has 1 aliphatic heterocycles. The summed E-state index contributed by atoms with van der Waals surface area (Å²) in [5, 5.41) is 2.50. The summed E-state index contributed by atoms with van der Waals surface area (Å²) in [6.45, 7) is 5.63. The summed E-state index contributed by atoms with van der Waals surface area (Å²) < 4.78 is 0. The average Bonchev–Trinajstić information content (AvgIpc) is 2.07. The minimum absolute atomic E-state index is 0.427. The lowest BCUT2D eigenvalue weighted by atomic mass is 10.3. The number of hydrogen-bond donors (Lipinski definition) is 1. The molecule has 0 aromatic carbocycles. The highest BCUT2D eigenvalue weighted by Crippen LogP contribution is 1.97. The summed E-state index contributed by atoms with van der Waals surface area (Å²) >= 11 is 0. The molecule has 0 saturated carbocycles. The zero-order chi connectivity index (χ0) is 9.84. The van der Waals surface area contributed by atoms with E-state index in [4.69, 9.17) is 0 Å². The van der Waals surface area contributed by atoms with Crippen molar-refractivity contribution in [3.8, 4) is 0 Å². The van der Waals surface area contributed by atoms with Crippen LogP contribution in [0.4, 0.5) is 0 Å². The molecule has 0 aliphatic carbocycles. The predicted molar refractivity (Wildman–Crippen MR) is 49.0 cm³/mol. The molecule has 0 unspecified atom stereocenters. The van der Waals surface area contributed by atoms with Gasteiger partial charge in [0.25, 0.3) is 0 Å². The third kappa shape index (κ3) is 2.57. The number of nitrogens with zero attached hydrogens (tertiary/aromatic N) is 1. The highest BCUT2D eigenvalue weighted by atomic mass is 16.2. The van der Waals surface area contributed by atoms with Gasteiger partial charge in [-0.15, -0.1) is 0 Å². The molecule has 4 heteroatoms. The molecule has 0 aromatic heterocycles. The molecule has 0 bridgehead atoms. The van der Waals surface area contributed by atoms with Gasteiger partial charge in [-0.3, -0.25) is 9.59 Å². The van der Waals surface area contributed by atoms with Crippen LogP contribution in [0.2, 0.25) is 0 Å². The first-order chi connectivity index (χ1) is 6.11. The van der Waals surface area contributed by atoms with E-state index in [2.05, 4.69) is 5.32 Å². The molecular weight excluding hydrogens is 168 g/mol. The Morgan fingerprint density at radius 1 is 1.54 bits per heavy atom. The lowest BCUT2D eigenvalue weighted by Crippen LogP contribution is -2.52. The zero-order valence-electron chi connectivity index (χ0n) is 7.96. The molecule has 0 aromatic rings. The van der Waals surface area contributed by atoms with Gasteiger partial charge in [0.05, 0.1) is 0 Å². The highest BCUT2D eigenvalue weighted by Gasteiger charge is 2.24. The van der Waals surface area contributed by atoms with E-state index >= 15 is 0 Å². The Hall–Kier alpha value is -1.32. The standard InChI is InChI=1S/C9H14N2O2/c1-7(2)3-5-11-6-4-10-8(12)9(11)13/h3H,4-6H2,1-2H3,(H,10,12). The molecule has 2 amide bonds. The fourth-order valence-electron chi connectivity index (χ4n) is 1.09. The van der Waals surface area contributed by atoms with Crippen LogP contribution in [-0.4, -0.2) is 36.3 Å². The molecular formula is C9H14N2O2. The summed E-state index contributed by atoms with van der Waals surface area (Å²) in [4.78, 5) is 23.7. The Labute approximate surface area is 77.6 Å². The molecule has 0 atom stereocenters. The largest absolute Gasteiger partial charge is 0.346 e. The third-order valence-corrected chi connectivity index (χ3v) is 1.87. The molecule has 4 nitrogen and oxygen atoms in total. The first-order valence-corrected chi connectivity index (χ1v) is 4.31. The molecule has 0 spiro atoms. The van der Waals surface area contributed by atoms with Crippen LogP contribution < -0.4 is 5.32 Å². The Bertz CT molecular complexity index is 254. The number of rotatable bonds is 2. The summed E-state index contributed by atoms with van der Waals surface area (Å²) in [6.07, 6.45) is 1.94. The first kappa shape index (κ1) is 9.77. The summed E-state index contributed by atoms with van der Waals surface area (Å²) in [7, 11) is 0. The minimum Gasteiger partial charge on any atom is -0.346 e. The maximum absolute atomic E-state index is 11.2. The maximum Gasteiger partial charge on any atom is 0.312 e. The molecule has 1 saturated heterocycles. The van der Waals surface area contributed by atoms with Crippen molar-refractivity contribution in [1.82, 2.24) is 10.2 Å². The van der Waals surface area contributed by atoms with Crippen LogP contribution in [0.15, 0.2) is 11.6 Å². The van der Waals surface area contributed by atoms with E-state index in [9.17, 15) is 9.59 Å². The van der Waals surface area contributed by atoms with Gasteiger partial charge in [0.15, 0.2) is 0 Å². The van der Waals surface area contributed by atoms with E-state index in [-0.39, 0.29) is 0 Å². The number of piperazine rings is 1. The molecule has 0 radical (unpaired) electrons. The number of carbonyl (C=O) groups is 2. The van der Waals surface area contributed by atoms with Crippen LogP contribution in [0.25, 0.3) is 0 Å². The Morgan fingerprint density at radius 2 is 2.23 bits per heavy atom. The molecule has 1 fully saturated rings. The Balaban J connectivity index is 2.54. The smallest absolute Gasteiger partial charge is 0.312 e. The minimum atomic E-state index is -0.492. The van der Waals surface area contributed by atoms with Crippen LogP contribution in [-0.2, 0) is 9.59 Å². The number of hydrogen-bond acceptors (Lipinski definition) is 2. The average molecular weight is 182 g/mol. The first-order valence-electron chi connectivity index (χ1n) is 4.31. The normalized spacial score (nSPS) is 16.9. The van der Waals surface area contributed by atoms with Crippen molar-refractivity contribution in [3.05, 3.63) is 11.6 Å². The van der Waals surface area contributed by atoms with E-state index < -0.39 is 11.8 Å². The van der Waals surface area contributed by atoms with Gasteiger partial charge in [0, 0.05) is 19.6 Å². The number of carbonyl (C=O) groups excluding carboxylic acids is 2. The van der Waals surface area contributed by atoms with Crippen molar-refractivity contribution in [3.63, 3.8) is 0 Å². The maximum atomic E-state index is 11.2. The third-order valence-electron chi connectivity index (χ3n) is 1.87. The lowest BCUT2D eigenvalue weighted by molar-refractivity contribution is -0.147. The SMILES string of the molecule is CC(C)=CCN1CCNC(=O)C1=O. The lowest BCUT2D eigenvalue weighted by Gasteiger charge is -2.25. The quantitative estimate of drug-likeness (QED) is 0.479. The summed E-state index contributed by atoms with van der Waals surface area (Å²) in [5.74, 6) is -0.919. The van der Waals surface area contributed by atoms with Gasteiger partial charge in [-0.2, -0.15) is 0 Å². The second kappa shape index (κ2) is 4.07. The molecule has 13 heavy (non-hydrogen) atoms. The van der Waals surface area contributed by atoms with Crippen LogP contribution in [0, 0.1) is 0 Å². The van der Waals surface area contributed by atoms with E-state index in [1.165, 1.54) is 0 Å². The monoisotopic (exact) mass is 182 g/mol. The van der Waals surface area contributed by atoms with Crippen molar-refractivity contribution in [1.29, 1.82) is 0 Å². The Kier molecular flexibility index (Phi) is 3.06. The number of allylic oxidation sites excluding steroid dienone is 1. The van der Waals surface area contributed by atoms with E-state index in [0.717, 1.165) is 5.57 Å². The fourth-order valence-corrected chi connectivity index (χ4v) is 1.09. The second-order valence-electron chi connectivity index (χ2n) is 3.29. The van der Waals surface area contributed by atoms with Gasteiger partial charge >= 0.3 is 11.8 Å². The van der Waals surface area contributed by atoms with Crippen molar-refractivity contribution >= 4 is 11.8 Å². The van der Waals surface area contributed by atoms with Crippen molar-refractivity contribution in [2.75, 3.05) is 19.6 Å². The van der Waals surface area contributed by atoms with Gasteiger partial charge in [0.2, 0.25) is 0 Å². The number of amides is 2. The van der Waals surface area contributed by atoms with E-state index in [1.807, 2.05) is 19.9 Å². The van der Waals surface area contributed by atoms with Gasteiger partial charge in [-0.25, -0.2) is 0 Å². The van der Waals surface area contributed by atoms with Crippen LogP contribution >= 0.6 is 0 Å². The Morgan fingerprint density at radius 3 is 2.85 bits per heavy atom. The topological polar surface area (TPSA) is 49.4 Å². The van der Waals surface area contributed by atoms with Gasteiger partial charge in [0.1, 0.15) is 0 Å². The summed E-state index contributed by atoms with van der Waals surface area (Å²) in [5.41, 5.74) is 1.15. The number of nitrogens with one attached hydrogen (secondary N) is 1. The van der Waals surface area contributed by atoms with Gasteiger partial charge < -0.3 is 10.2 Å². The fraction of sp³-hybridized carbons (Fsp3) is 0.556. The van der Waals surface area contributed by atoms with Gasteiger partial charge in [-0.05, 0) is 13.8 Å². The molecule has 1 N–H and O–H groups in total. The highest BCUT2D eigenvalue weighted by molar-refractivity contribution is 6.35. The molecule has 1 rings (SSSR count). The van der Waals surface area contributed by atoms with Crippen LogP contribution in [0.5, 0.6) is 0 Å². The molecule has 1 heterocycles. The summed E-state index contributed by atoms with van der Waals surface area (Å²) in [6, 6.07) is 0. The van der Waals surface area contributed by atoms with E-state index in [1.54, 1.807) is 4.90 Å². The molecule has 72 valence electrons. The molecule has 1 aliphatic rings. The predicted octanol–water partition coefficient (Wildman–Crippen LogP) is -0.0890. The van der Waals surface area contributed by atoms with Crippen molar-refractivity contribution < 1.29 is 9.59 Å².